The van der Waals surface area contributed by atoms with Crippen molar-refractivity contribution in [2.75, 3.05) is 19.6 Å². The smallest absolute Gasteiger partial charge is 0.255 e. The number of piperidine rings is 1. The van der Waals surface area contributed by atoms with Crippen molar-refractivity contribution >= 4 is 11.7 Å². The number of amides is 1. The minimum Gasteiger partial charge on any atom is -0.469 e. The normalized spacial score (nSPS) is 15.9. The van der Waals surface area contributed by atoms with Gasteiger partial charge in [0.15, 0.2) is 5.78 Å². The zero-order valence-electron chi connectivity index (χ0n) is 14.5. The van der Waals surface area contributed by atoms with Crippen LogP contribution in [0.2, 0.25) is 0 Å². The van der Waals surface area contributed by atoms with Crippen molar-refractivity contribution in [1.29, 1.82) is 0 Å². The number of nitrogens with one attached hydrogen (secondary N) is 1. The molecule has 1 aliphatic heterocycles. The molecular weight excluding hydrogens is 316 g/mol. The van der Waals surface area contributed by atoms with Crippen molar-refractivity contribution < 1.29 is 14.0 Å². The molecule has 1 aliphatic rings. The van der Waals surface area contributed by atoms with E-state index in [1.165, 1.54) is 6.26 Å². The van der Waals surface area contributed by atoms with Crippen LogP contribution in [0.25, 0.3) is 0 Å². The average molecular weight is 340 g/mol. The molecule has 132 valence electrons. The molecule has 1 saturated heterocycles. The van der Waals surface area contributed by atoms with E-state index < -0.39 is 0 Å². The maximum absolute atomic E-state index is 12.2. The molecule has 0 spiro atoms. The second kappa shape index (κ2) is 8.12. The minimum atomic E-state index is -0.0658. The lowest BCUT2D eigenvalue weighted by Gasteiger charge is -2.32. The number of Topliss-reactive ketones (excluding diaryl/α,β-unsaturated/α-hetero) is 1. The SMILES string of the molecule is Cc1occc1C(=O)NC1CCN(CCC(=O)c2ccccc2)CC1. The summed E-state index contributed by atoms with van der Waals surface area (Å²) in [4.78, 5) is 26.7. The van der Waals surface area contributed by atoms with Gasteiger partial charge in [-0.25, -0.2) is 0 Å². The molecule has 1 aromatic carbocycles. The highest BCUT2D eigenvalue weighted by Crippen LogP contribution is 2.14. The molecule has 0 saturated carbocycles. The summed E-state index contributed by atoms with van der Waals surface area (Å²) in [6.07, 6.45) is 3.89. The summed E-state index contributed by atoms with van der Waals surface area (Å²) >= 11 is 0. The molecule has 5 nitrogen and oxygen atoms in total. The monoisotopic (exact) mass is 340 g/mol. The quantitative estimate of drug-likeness (QED) is 0.821. The fourth-order valence-electron chi connectivity index (χ4n) is 3.21. The van der Waals surface area contributed by atoms with Crippen LogP contribution in [0.3, 0.4) is 0 Å². The number of carbonyl (C=O) groups is 2. The number of furan rings is 1. The van der Waals surface area contributed by atoms with E-state index in [9.17, 15) is 9.59 Å². The zero-order chi connectivity index (χ0) is 17.6. The Morgan fingerprint density at radius 3 is 2.52 bits per heavy atom. The fourth-order valence-corrected chi connectivity index (χ4v) is 3.21. The maximum Gasteiger partial charge on any atom is 0.255 e. The summed E-state index contributed by atoms with van der Waals surface area (Å²) in [5.74, 6) is 0.768. The van der Waals surface area contributed by atoms with E-state index in [2.05, 4.69) is 10.2 Å². The molecule has 1 aromatic heterocycles. The third-order valence-corrected chi connectivity index (χ3v) is 4.78. The molecule has 1 fully saturated rings. The lowest BCUT2D eigenvalue weighted by Crippen LogP contribution is -2.45. The number of rotatable bonds is 6. The average Bonchev–Trinajstić information content (AvgIpc) is 3.08. The van der Waals surface area contributed by atoms with Crippen LogP contribution >= 0.6 is 0 Å². The van der Waals surface area contributed by atoms with Gasteiger partial charge >= 0.3 is 0 Å². The standard InChI is InChI=1S/C20H24N2O3/c1-15-18(10-14-25-15)20(24)21-17-7-11-22(12-8-17)13-9-19(23)16-5-3-2-4-6-16/h2-6,10,14,17H,7-9,11-13H2,1H3,(H,21,24). The van der Waals surface area contributed by atoms with Gasteiger partial charge < -0.3 is 14.6 Å². The molecule has 0 atom stereocenters. The highest BCUT2D eigenvalue weighted by atomic mass is 16.3. The number of carbonyl (C=O) groups excluding carboxylic acids is 2. The lowest BCUT2D eigenvalue weighted by atomic mass is 10.0. The van der Waals surface area contributed by atoms with Gasteiger partial charge in [0.2, 0.25) is 0 Å². The van der Waals surface area contributed by atoms with Crippen LogP contribution in [0.15, 0.2) is 47.1 Å². The lowest BCUT2D eigenvalue weighted by molar-refractivity contribution is 0.0903. The molecule has 25 heavy (non-hydrogen) atoms. The van der Waals surface area contributed by atoms with Crippen LogP contribution in [-0.2, 0) is 0 Å². The van der Waals surface area contributed by atoms with E-state index in [1.54, 1.807) is 13.0 Å². The molecule has 1 N–H and O–H groups in total. The first kappa shape index (κ1) is 17.4. The summed E-state index contributed by atoms with van der Waals surface area (Å²) in [5.41, 5.74) is 1.39. The Balaban J connectivity index is 1.41. The summed E-state index contributed by atoms with van der Waals surface area (Å²) in [5, 5.41) is 3.08. The van der Waals surface area contributed by atoms with Crippen LogP contribution in [-0.4, -0.2) is 42.3 Å². The number of likely N-dealkylation sites (tertiary alicyclic amines) is 1. The number of benzene rings is 1. The van der Waals surface area contributed by atoms with E-state index >= 15 is 0 Å². The Bertz CT molecular complexity index is 716. The van der Waals surface area contributed by atoms with Gasteiger partial charge in [-0.05, 0) is 25.8 Å². The van der Waals surface area contributed by atoms with Gasteiger partial charge in [-0.2, -0.15) is 0 Å². The molecular formula is C20H24N2O3. The van der Waals surface area contributed by atoms with Gasteiger partial charge in [-0.1, -0.05) is 30.3 Å². The predicted molar refractivity (Wildman–Crippen MR) is 95.8 cm³/mol. The number of hydrogen-bond donors (Lipinski definition) is 1. The highest BCUT2D eigenvalue weighted by molar-refractivity contribution is 5.96. The second-order valence-electron chi connectivity index (χ2n) is 6.52. The summed E-state index contributed by atoms with van der Waals surface area (Å²) in [6.45, 7) is 4.37. The Hall–Kier alpha value is -2.40. The van der Waals surface area contributed by atoms with Crippen molar-refractivity contribution in [2.24, 2.45) is 0 Å². The molecule has 1 amide bonds. The van der Waals surface area contributed by atoms with Gasteiger partial charge in [-0.15, -0.1) is 0 Å². The zero-order valence-corrected chi connectivity index (χ0v) is 14.5. The Kier molecular flexibility index (Phi) is 5.66. The first-order valence-electron chi connectivity index (χ1n) is 8.79. The molecule has 5 heteroatoms. The molecule has 0 radical (unpaired) electrons. The number of nitrogens with zero attached hydrogens (tertiary/aromatic N) is 1. The van der Waals surface area contributed by atoms with Gasteiger partial charge in [-0.3, -0.25) is 9.59 Å². The summed E-state index contributed by atoms with van der Waals surface area (Å²) in [7, 11) is 0. The summed E-state index contributed by atoms with van der Waals surface area (Å²) in [6, 6.07) is 11.3. The maximum atomic E-state index is 12.2. The van der Waals surface area contributed by atoms with Crippen molar-refractivity contribution in [1.82, 2.24) is 10.2 Å². The van der Waals surface area contributed by atoms with Crippen molar-refractivity contribution in [3.63, 3.8) is 0 Å². The molecule has 2 aromatic rings. The highest BCUT2D eigenvalue weighted by Gasteiger charge is 2.22. The van der Waals surface area contributed by atoms with Crippen LogP contribution in [0, 0.1) is 6.92 Å². The van der Waals surface area contributed by atoms with Gasteiger partial charge in [0.25, 0.3) is 5.91 Å². The predicted octanol–water partition coefficient (Wildman–Crippen LogP) is 3.06. The van der Waals surface area contributed by atoms with Gasteiger partial charge in [0, 0.05) is 37.7 Å². The number of ketones is 1. The Morgan fingerprint density at radius 1 is 1.16 bits per heavy atom. The second-order valence-corrected chi connectivity index (χ2v) is 6.52. The Labute approximate surface area is 148 Å². The molecule has 2 heterocycles. The first-order chi connectivity index (χ1) is 12.1. The van der Waals surface area contributed by atoms with Crippen molar-refractivity contribution in [2.45, 2.75) is 32.2 Å². The molecule has 0 unspecified atom stereocenters. The van der Waals surface area contributed by atoms with Crippen LogP contribution in [0.5, 0.6) is 0 Å². The van der Waals surface area contributed by atoms with Gasteiger partial charge in [0.05, 0.1) is 11.8 Å². The fraction of sp³-hybridized carbons (Fsp3) is 0.400. The summed E-state index contributed by atoms with van der Waals surface area (Å²) < 4.78 is 5.18. The number of hydrogen-bond acceptors (Lipinski definition) is 4. The van der Waals surface area contributed by atoms with Crippen LogP contribution in [0.4, 0.5) is 0 Å². The van der Waals surface area contributed by atoms with E-state index in [4.69, 9.17) is 4.42 Å². The van der Waals surface area contributed by atoms with E-state index in [0.29, 0.717) is 17.7 Å². The van der Waals surface area contributed by atoms with Crippen molar-refractivity contribution in [3.05, 3.63) is 59.5 Å². The van der Waals surface area contributed by atoms with Crippen molar-refractivity contribution in [3.8, 4) is 0 Å². The van der Waals surface area contributed by atoms with E-state index in [1.807, 2.05) is 30.3 Å². The first-order valence-corrected chi connectivity index (χ1v) is 8.79. The Morgan fingerprint density at radius 2 is 1.88 bits per heavy atom. The number of aryl methyl sites for hydroxylation is 1. The van der Waals surface area contributed by atoms with Gasteiger partial charge in [0.1, 0.15) is 5.76 Å². The molecule has 0 bridgehead atoms. The largest absolute Gasteiger partial charge is 0.469 e. The molecule has 0 aliphatic carbocycles. The van der Waals surface area contributed by atoms with E-state index in [-0.39, 0.29) is 17.7 Å². The minimum absolute atomic E-state index is 0.0658. The molecule has 3 rings (SSSR count). The van der Waals surface area contributed by atoms with Crippen LogP contribution in [0.1, 0.15) is 45.7 Å². The third-order valence-electron chi connectivity index (χ3n) is 4.78. The topological polar surface area (TPSA) is 62.6 Å². The van der Waals surface area contributed by atoms with Crippen LogP contribution < -0.4 is 5.32 Å². The third kappa shape index (κ3) is 4.57. The van der Waals surface area contributed by atoms with E-state index in [0.717, 1.165) is 38.0 Å².